The lowest BCUT2D eigenvalue weighted by atomic mass is 9.82. The number of anilines is 3. The molecule has 0 amide bonds. The van der Waals surface area contributed by atoms with E-state index in [0.717, 1.165) is 105 Å². The summed E-state index contributed by atoms with van der Waals surface area (Å²) in [6.07, 6.45) is 0. The van der Waals surface area contributed by atoms with Crippen molar-refractivity contribution in [2.24, 2.45) is 0 Å². The molecule has 3 heterocycles. The Morgan fingerprint density at radius 3 is 1.82 bits per heavy atom. The lowest BCUT2D eigenvalue weighted by Crippen LogP contribution is -2.16. The van der Waals surface area contributed by atoms with Crippen LogP contribution in [0.1, 0.15) is 25.0 Å². The van der Waals surface area contributed by atoms with E-state index < -0.39 is 0 Å². The van der Waals surface area contributed by atoms with E-state index in [1.807, 2.05) is 18.2 Å². The molecule has 0 N–H and O–H groups in total. The third-order valence-corrected chi connectivity index (χ3v) is 13.1. The zero-order valence-corrected chi connectivity index (χ0v) is 33.6. The molecule has 0 spiro atoms. The van der Waals surface area contributed by atoms with Crippen LogP contribution < -0.4 is 4.90 Å². The molecule has 288 valence electrons. The van der Waals surface area contributed by atoms with E-state index in [1.54, 1.807) is 0 Å². The van der Waals surface area contributed by atoms with Crippen molar-refractivity contribution in [3.63, 3.8) is 0 Å². The van der Waals surface area contributed by atoms with Crippen molar-refractivity contribution in [3.8, 4) is 33.4 Å². The van der Waals surface area contributed by atoms with Crippen molar-refractivity contribution in [1.29, 1.82) is 0 Å². The summed E-state index contributed by atoms with van der Waals surface area (Å²) in [6, 6.07) is 67.0. The number of hydrogen-bond donors (Lipinski definition) is 0. The Hall–Kier alpha value is -7.82. The van der Waals surface area contributed by atoms with Crippen LogP contribution in [0, 0.1) is 0 Å². The Labute approximate surface area is 351 Å². The molecule has 1 aliphatic carbocycles. The first-order valence-corrected chi connectivity index (χ1v) is 20.9. The highest BCUT2D eigenvalue weighted by molar-refractivity contribution is 6.17. The van der Waals surface area contributed by atoms with Crippen LogP contribution in [-0.2, 0) is 5.41 Å². The van der Waals surface area contributed by atoms with Gasteiger partial charge in [-0.25, -0.2) is 0 Å². The summed E-state index contributed by atoms with van der Waals surface area (Å²) in [5.74, 6) is 0. The summed E-state index contributed by atoms with van der Waals surface area (Å²) in [4.78, 5) is 2.35. The van der Waals surface area contributed by atoms with Gasteiger partial charge < -0.3 is 18.2 Å². The van der Waals surface area contributed by atoms with Gasteiger partial charge in [-0.15, -0.1) is 0 Å². The van der Waals surface area contributed by atoms with Gasteiger partial charge in [0, 0.05) is 49.1 Å². The molecule has 0 saturated carbocycles. The standard InChI is InChI=1S/C57H37NO3/c1-57(2)48-16-8-6-13-40(48)41-27-25-39(31-49(41)57)58(38-23-19-35(20-24-38)36-22-28-52-45(29-36)42-14-7-9-18-51(42)59-52)50-17-10-15-44-47-33-54-46(32-55(47)61-56(44)50)43-26-21-37(30-53(43)60-54)34-11-4-3-5-12-34/h3-33H,1-2H3. The first-order valence-electron chi connectivity index (χ1n) is 20.9. The maximum Gasteiger partial charge on any atom is 0.159 e. The molecule has 0 fully saturated rings. The lowest BCUT2D eigenvalue weighted by molar-refractivity contribution is 0.660. The molecule has 0 unspecified atom stereocenters. The van der Waals surface area contributed by atoms with Crippen molar-refractivity contribution < 1.29 is 13.3 Å². The molecule has 4 heteroatoms. The molecular weight excluding hydrogens is 747 g/mol. The van der Waals surface area contributed by atoms with Crippen molar-refractivity contribution >= 4 is 82.9 Å². The molecule has 0 aliphatic heterocycles. The van der Waals surface area contributed by atoms with Crippen LogP contribution in [0.3, 0.4) is 0 Å². The minimum atomic E-state index is -0.155. The Balaban J connectivity index is 0.969. The minimum Gasteiger partial charge on any atom is -0.456 e. The van der Waals surface area contributed by atoms with Crippen LogP contribution >= 0.6 is 0 Å². The van der Waals surface area contributed by atoms with Gasteiger partial charge in [-0.05, 0) is 117 Å². The molecule has 13 rings (SSSR count). The Bertz CT molecular complexity index is 3730. The molecule has 0 atom stereocenters. The zero-order valence-electron chi connectivity index (χ0n) is 33.6. The van der Waals surface area contributed by atoms with E-state index in [-0.39, 0.29) is 5.41 Å². The number of hydrogen-bond acceptors (Lipinski definition) is 4. The third-order valence-electron chi connectivity index (χ3n) is 13.1. The monoisotopic (exact) mass is 783 g/mol. The molecule has 0 radical (unpaired) electrons. The Morgan fingerprint density at radius 2 is 0.934 bits per heavy atom. The topological polar surface area (TPSA) is 42.7 Å². The maximum absolute atomic E-state index is 6.98. The van der Waals surface area contributed by atoms with E-state index in [0.29, 0.717) is 0 Å². The first-order chi connectivity index (χ1) is 30.0. The fourth-order valence-electron chi connectivity index (χ4n) is 10.0. The van der Waals surface area contributed by atoms with Gasteiger partial charge in [0.15, 0.2) is 5.58 Å². The molecule has 9 aromatic carbocycles. The predicted molar refractivity (Wildman–Crippen MR) is 251 cm³/mol. The average Bonchev–Trinajstić information content (AvgIpc) is 4.04. The van der Waals surface area contributed by atoms with Crippen molar-refractivity contribution in [1.82, 2.24) is 0 Å². The quantitative estimate of drug-likeness (QED) is 0.174. The zero-order chi connectivity index (χ0) is 40.4. The van der Waals surface area contributed by atoms with E-state index in [2.05, 4.69) is 189 Å². The number of benzene rings is 9. The summed E-state index contributed by atoms with van der Waals surface area (Å²) >= 11 is 0. The third kappa shape index (κ3) is 5.06. The van der Waals surface area contributed by atoms with Gasteiger partial charge in [0.1, 0.15) is 27.9 Å². The number of rotatable bonds is 5. The van der Waals surface area contributed by atoms with Crippen molar-refractivity contribution in [3.05, 3.63) is 199 Å². The average molecular weight is 784 g/mol. The van der Waals surface area contributed by atoms with Gasteiger partial charge in [-0.1, -0.05) is 129 Å². The highest BCUT2D eigenvalue weighted by atomic mass is 16.3. The molecule has 4 nitrogen and oxygen atoms in total. The van der Waals surface area contributed by atoms with E-state index >= 15 is 0 Å². The molecule has 3 aromatic heterocycles. The van der Waals surface area contributed by atoms with Gasteiger partial charge in [-0.2, -0.15) is 0 Å². The normalized spacial score (nSPS) is 13.2. The van der Waals surface area contributed by atoms with Crippen LogP contribution in [-0.4, -0.2) is 0 Å². The summed E-state index contributed by atoms with van der Waals surface area (Å²) in [5.41, 5.74) is 17.9. The van der Waals surface area contributed by atoms with Crippen LogP contribution in [0.25, 0.3) is 99.2 Å². The van der Waals surface area contributed by atoms with Crippen molar-refractivity contribution in [2.75, 3.05) is 4.90 Å². The lowest BCUT2D eigenvalue weighted by Gasteiger charge is -2.28. The SMILES string of the molecule is CC1(C)c2ccccc2-c2ccc(N(c3ccc(-c4ccc5oc6ccccc6c5c4)cc3)c3cccc4c3oc3cc5c(cc34)oc3cc(-c4ccccc4)ccc35)cc21. The first kappa shape index (κ1) is 34.1. The number of nitrogens with zero attached hydrogens (tertiary/aromatic N) is 1. The summed E-state index contributed by atoms with van der Waals surface area (Å²) < 4.78 is 19.7. The van der Waals surface area contributed by atoms with E-state index in [1.165, 1.54) is 22.3 Å². The van der Waals surface area contributed by atoms with Gasteiger partial charge in [-0.3, -0.25) is 0 Å². The summed E-state index contributed by atoms with van der Waals surface area (Å²) in [6.45, 7) is 4.67. The maximum atomic E-state index is 6.98. The van der Waals surface area contributed by atoms with E-state index in [9.17, 15) is 0 Å². The molecule has 0 saturated heterocycles. The van der Waals surface area contributed by atoms with Gasteiger partial charge >= 0.3 is 0 Å². The highest BCUT2D eigenvalue weighted by Crippen LogP contribution is 2.52. The number of fused-ring (bicyclic) bond motifs is 12. The molecule has 0 bridgehead atoms. The molecule has 12 aromatic rings. The Kier molecular flexibility index (Phi) is 7.04. The smallest absolute Gasteiger partial charge is 0.159 e. The van der Waals surface area contributed by atoms with Crippen LogP contribution in [0.15, 0.2) is 201 Å². The van der Waals surface area contributed by atoms with Gasteiger partial charge in [0.05, 0.1) is 5.69 Å². The van der Waals surface area contributed by atoms with Crippen LogP contribution in [0.5, 0.6) is 0 Å². The molecule has 1 aliphatic rings. The molecular formula is C57H37NO3. The predicted octanol–water partition coefficient (Wildman–Crippen LogP) is 16.5. The Morgan fingerprint density at radius 1 is 0.344 bits per heavy atom. The van der Waals surface area contributed by atoms with Crippen molar-refractivity contribution in [2.45, 2.75) is 19.3 Å². The van der Waals surface area contributed by atoms with Gasteiger partial charge in [0.25, 0.3) is 0 Å². The van der Waals surface area contributed by atoms with Crippen LogP contribution in [0.4, 0.5) is 17.1 Å². The summed E-state index contributed by atoms with van der Waals surface area (Å²) in [7, 11) is 0. The van der Waals surface area contributed by atoms with E-state index in [4.69, 9.17) is 13.3 Å². The van der Waals surface area contributed by atoms with Crippen LogP contribution in [0.2, 0.25) is 0 Å². The summed E-state index contributed by atoms with van der Waals surface area (Å²) in [5, 5.41) is 6.42. The molecule has 61 heavy (non-hydrogen) atoms. The second-order valence-electron chi connectivity index (χ2n) is 16.9. The fraction of sp³-hybridized carbons (Fsp3) is 0.0526. The minimum absolute atomic E-state index is 0.155. The fourth-order valence-corrected chi connectivity index (χ4v) is 10.0. The second kappa shape index (κ2) is 12.6. The largest absolute Gasteiger partial charge is 0.456 e. The number of para-hydroxylation sites is 2. The second-order valence-corrected chi connectivity index (χ2v) is 16.9. The highest BCUT2D eigenvalue weighted by Gasteiger charge is 2.36. The van der Waals surface area contributed by atoms with Gasteiger partial charge in [0.2, 0.25) is 0 Å². The number of furan rings is 3.